The molecule has 5 aromatic rings. The van der Waals surface area contributed by atoms with E-state index < -0.39 is 0 Å². The summed E-state index contributed by atoms with van der Waals surface area (Å²) < 4.78 is 3.81. The molecule has 0 unspecified atom stereocenters. The maximum atomic E-state index is 13.0. The van der Waals surface area contributed by atoms with Crippen LogP contribution < -0.4 is 5.32 Å². The second-order valence-electron chi connectivity index (χ2n) is 9.26. The van der Waals surface area contributed by atoms with Gasteiger partial charge < -0.3 is 10.2 Å². The Bertz CT molecular complexity index is 1520. The van der Waals surface area contributed by atoms with Crippen LogP contribution >= 0.6 is 0 Å². The Kier molecular flexibility index (Phi) is 5.98. The first-order valence-electron chi connectivity index (χ1n) is 12.4. The summed E-state index contributed by atoms with van der Waals surface area (Å²) in [5.41, 5.74) is 7.93. The van der Waals surface area contributed by atoms with E-state index in [4.69, 9.17) is 5.10 Å². The van der Waals surface area contributed by atoms with Crippen molar-refractivity contribution in [3.8, 4) is 16.9 Å². The highest BCUT2D eigenvalue weighted by molar-refractivity contribution is 5.89. The predicted octanol–water partition coefficient (Wildman–Crippen LogP) is 5.08. The number of hydrogen-bond acceptors (Lipinski definition) is 4. The Morgan fingerprint density at radius 1 is 0.946 bits per heavy atom. The zero-order valence-corrected chi connectivity index (χ0v) is 20.6. The summed E-state index contributed by atoms with van der Waals surface area (Å²) in [5, 5.41) is 16.8. The number of para-hydroxylation sites is 1. The van der Waals surface area contributed by atoms with Crippen LogP contribution in [0.2, 0.25) is 0 Å². The molecule has 1 aliphatic rings. The zero-order valence-electron chi connectivity index (χ0n) is 20.6. The molecule has 184 valence electrons. The molecule has 8 nitrogen and oxygen atoms in total. The van der Waals surface area contributed by atoms with Crippen LogP contribution in [0.15, 0.2) is 91.1 Å². The third-order valence-electron chi connectivity index (χ3n) is 6.64. The second-order valence-corrected chi connectivity index (χ2v) is 9.26. The standard InChI is InChI=1S/C29H27N7O/c1-21-12-14-25(15-13-21)35-18-24(31-33-35)19-36-27-16-17-34(29(37)30-23-10-6-3-7-11-23)20-26(27)28(32-36)22-8-4-2-5-9-22/h2-15,18H,16-17,19-20H2,1H3,(H,30,37). The zero-order chi connectivity index (χ0) is 25.2. The number of aryl methyl sites for hydroxylation is 1. The van der Waals surface area contributed by atoms with Crippen molar-refractivity contribution in [2.75, 3.05) is 11.9 Å². The monoisotopic (exact) mass is 489 g/mol. The number of hydrogen-bond donors (Lipinski definition) is 1. The van der Waals surface area contributed by atoms with E-state index in [1.807, 2.05) is 76.4 Å². The van der Waals surface area contributed by atoms with Crippen LogP contribution in [0, 0.1) is 6.92 Å². The Morgan fingerprint density at radius 3 is 2.43 bits per heavy atom. The molecule has 0 atom stereocenters. The van der Waals surface area contributed by atoms with Gasteiger partial charge in [-0.1, -0.05) is 71.4 Å². The van der Waals surface area contributed by atoms with Gasteiger partial charge in [-0.2, -0.15) is 5.10 Å². The Labute approximate surface area is 215 Å². The lowest BCUT2D eigenvalue weighted by molar-refractivity contribution is 0.206. The molecule has 2 aromatic heterocycles. The Hall–Kier alpha value is -4.72. The third-order valence-corrected chi connectivity index (χ3v) is 6.64. The van der Waals surface area contributed by atoms with E-state index in [0.717, 1.165) is 39.6 Å². The van der Waals surface area contributed by atoms with Gasteiger partial charge in [-0.05, 0) is 31.2 Å². The molecule has 0 saturated heterocycles. The molecule has 0 radical (unpaired) electrons. The molecule has 6 rings (SSSR count). The van der Waals surface area contributed by atoms with Gasteiger partial charge in [0.2, 0.25) is 0 Å². The topological polar surface area (TPSA) is 80.9 Å². The minimum Gasteiger partial charge on any atom is -0.320 e. The van der Waals surface area contributed by atoms with Gasteiger partial charge in [-0.3, -0.25) is 4.68 Å². The van der Waals surface area contributed by atoms with Gasteiger partial charge in [0.1, 0.15) is 5.69 Å². The molecule has 3 heterocycles. The third kappa shape index (κ3) is 4.73. The van der Waals surface area contributed by atoms with Gasteiger partial charge >= 0.3 is 6.03 Å². The first kappa shape index (κ1) is 22.7. The maximum Gasteiger partial charge on any atom is 0.322 e. The molecule has 1 N–H and O–H groups in total. The van der Waals surface area contributed by atoms with Crippen molar-refractivity contribution in [2.24, 2.45) is 0 Å². The highest BCUT2D eigenvalue weighted by Crippen LogP contribution is 2.31. The highest BCUT2D eigenvalue weighted by Gasteiger charge is 2.28. The van der Waals surface area contributed by atoms with Gasteiger partial charge in [0.25, 0.3) is 0 Å². The van der Waals surface area contributed by atoms with Gasteiger partial charge in [-0.25, -0.2) is 9.48 Å². The molecule has 8 heteroatoms. The van der Waals surface area contributed by atoms with Crippen LogP contribution in [0.25, 0.3) is 16.9 Å². The summed E-state index contributed by atoms with van der Waals surface area (Å²) in [6.45, 7) is 3.68. The fourth-order valence-electron chi connectivity index (χ4n) is 4.69. The molecule has 2 amide bonds. The van der Waals surface area contributed by atoms with Gasteiger partial charge in [0.15, 0.2) is 0 Å². The number of amides is 2. The number of nitrogens with one attached hydrogen (secondary N) is 1. The summed E-state index contributed by atoms with van der Waals surface area (Å²) in [6.07, 6.45) is 2.66. The number of urea groups is 1. The van der Waals surface area contributed by atoms with Crippen molar-refractivity contribution in [1.29, 1.82) is 0 Å². The molecule has 0 bridgehead atoms. The number of rotatable bonds is 5. The number of carbonyl (C=O) groups is 1. The lowest BCUT2D eigenvalue weighted by atomic mass is 10.0. The fourth-order valence-corrected chi connectivity index (χ4v) is 4.69. The molecule has 0 spiro atoms. The first-order valence-corrected chi connectivity index (χ1v) is 12.4. The van der Waals surface area contributed by atoms with Crippen molar-refractivity contribution < 1.29 is 4.79 Å². The van der Waals surface area contributed by atoms with E-state index in [1.165, 1.54) is 5.56 Å². The van der Waals surface area contributed by atoms with Crippen LogP contribution in [0.5, 0.6) is 0 Å². The molecule has 37 heavy (non-hydrogen) atoms. The molecule has 0 aliphatic carbocycles. The Balaban J connectivity index is 1.29. The number of aromatic nitrogens is 5. The molecule has 0 saturated carbocycles. The molecular weight excluding hydrogens is 462 g/mol. The van der Waals surface area contributed by atoms with E-state index in [0.29, 0.717) is 26.1 Å². The average Bonchev–Trinajstić information content (AvgIpc) is 3.55. The fraction of sp³-hybridized carbons (Fsp3) is 0.172. The summed E-state index contributed by atoms with van der Waals surface area (Å²) in [4.78, 5) is 14.9. The van der Waals surface area contributed by atoms with Gasteiger partial charge in [-0.15, -0.1) is 5.10 Å². The van der Waals surface area contributed by atoms with Crippen molar-refractivity contribution in [2.45, 2.75) is 26.4 Å². The lowest BCUT2D eigenvalue weighted by Crippen LogP contribution is -2.39. The van der Waals surface area contributed by atoms with Crippen LogP contribution in [-0.2, 0) is 19.5 Å². The first-order chi connectivity index (χ1) is 18.1. The van der Waals surface area contributed by atoms with Crippen molar-refractivity contribution >= 4 is 11.7 Å². The van der Waals surface area contributed by atoms with Crippen LogP contribution in [-0.4, -0.2) is 42.3 Å². The molecule has 1 aliphatic heterocycles. The van der Waals surface area contributed by atoms with Crippen LogP contribution in [0.4, 0.5) is 10.5 Å². The highest BCUT2D eigenvalue weighted by atomic mass is 16.2. The van der Waals surface area contributed by atoms with Crippen molar-refractivity contribution in [3.63, 3.8) is 0 Å². The molecule has 0 fully saturated rings. The van der Waals surface area contributed by atoms with Crippen molar-refractivity contribution in [1.82, 2.24) is 29.7 Å². The normalized spacial score (nSPS) is 12.8. The van der Waals surface area contributed by atoms with E-state index in [2.05, 4.69) is 46.8 Å². The second kappa shape index (κ2) is 9.73. The largest absolute Gasteiger partial charge is 0.322 e. The number of carbonyl (C=O) groups excluding carboxylic acids is 1. The molecule has 3 aromatic carbocycles. The number of anilines is 1. The lowest BCUT2D eigenvalue weighted by Gasteiger charge is -2.28. The summed E-state index contributed by atoms with van der Waals surface area (Å²) >= 11 is 0. The number of fused-ring (bicyclic) bond motifs is 1. The number of nitrogens with zero attached hydrogens (tertiary/aromatic N) is 6. The maximum absolute atomic E-state index is 13.0. The van der Waals surface area contributed by atoms with Crippen LogP contribution in [0.1, 0.15) is 22.5 Å². The molecular formula is C29H27N7O. The summed E-state index contributed by atoms with van der Waals surface area (Å²) in [5.74, 6) is 0. The van der Waals surface area contributed by atoms with Gasteiger partial charge in [0, 0.05) is 35.5 Å². The quantitative estimate of drug-likeness (QED) is 0.373. The number of benzene rings is 3. The minimum atomic E-state index is -0.107. The van der Waals surface area contributed by atoms with E-state index in [1.54, 1.807) is 4.68 Å². The van der Waals surface area contributed by atoms with Crippen LogP contribution in [0.3, 0.4) is 0 Å². The van der Waals surface area contributed by atoms with Gasteiger partial charge in [0.05, 0.1) is 30.7 Å². The van der Waals surface area contributed by atoms with E-state index in [-0.39, 0.29) is 6.03 Å². The van der Waals surface area contributed by atoms with Crippen molar-refractivity contribution in [3.05, 3.63) is 114 Å². The summed E-state index contributed by atoms with van der Waals surface area (Å²) in [7, 11) is 0. The van der Waals surface area contributed by atoms with E-state index in [9.17, 15) is 4.79 Å². The Morgan fingerprint density at radius 2 is 1.68 bits per heavy atom. The SMILES string of the molecule is Cc1ccc(-n2cc(Cn3nc(-c4ccccc4)c4c3CCN(C(=O)Nc3ccccc3)C4)nn2)cc1. The predicted molar refractivity (Wildman–Crippen MR) is 142 cm³/mol. The smallest absolute Gasteiger partial charge is 0.320 e. The average molecular weight is 490 g/mol. The van der Waals surface area contributed by atoms with E-state index >= 15 is 0 Å². The minimum absolute atomic E-state index is 0.107. The summed E-state index contributed by atoms with van der Waals surface area (Å²) in [6, 6.07) is 27.8.